The number of Topliss-reactive ketones (excluding diaryl/α,β-unsaturated/α-hetero) is 1. The van der Waals surface area contributed by atoms with Crippen molar-refractivity contribution in [1.82, 2.24) is 4.90 Å². The number of methoxy groups -OCH3 is 1. The van der Waals surface area contributed by atoms with Crippen LogP contribution in [0.3, 0.4) is 0 Å². The average Bonchev–Trinajstić information content (AvgIpc) is 2.46. The molecule has 1 saturated carbocycles. The number of ether oxygens (including phenoxy) is 1. The molecule has 4 heteroatoms. The molecule has 0 heterocycles. The van der Waals surface area contributed by atoms with Crippen molar-refractivity contribution in [3.05, 3.63) is 11.8 Å². The molecular formula is C10H15NO3. The third-order valence-electron chi connectivity index (χ3n) is 2.24. The van der Waals surface area contributed by atoms with Gasteiger partial charge in [-0.3, -0.25) is 9.59 Å². The first kappa shape index (κ1) is 10.8. The van der Waals surface area contributed by atoms with Crippen LogP contribution in [-0.4, -0.2) is 37.9 Å². The molecule has 78 valence electrons. The van der Waals surface area contributed by atoms with Crippen molar-refractivity contribution < 1.29 is 14.3 Å². The lowest BCUT2D eigenvalue weighted by molar-refractivity contribution is -0.144. The molecule has 0 bridgehead atoms. The number of nitrogens with zero attached hydrogens (tertiary/aromatic N) is 1. The second-order valence-electron chi connectivity index (χ2n) is 3.59. The van der Waals surface area contributed by atoms with E-state index in [1.54, 1.807) is 11.1 Å². The number of carbonyl (C=O) groups excluding carboxylic acids is 2. The van der Waals surface area contributed by atoms with Gasteiger partial charge in [0.25, 0.3) is 0 Å². The number of hydrogen-bond acceptors (Lipinski definition) is 4. The number of carbonyl (C=O) groups is 2. The molecule has 0 radical (unpaired) electrons. The molecule has 0 aromatic rings. The molecule has 1 aliphatic carbocycles. The van der Waals surface area contributed by atoms with Crippen molar-refractivity contribution in [2.75, 3.05) is 21.2 Å². The van der Waals surface area contributed by atoms with E-state index in [-0.39, 0.29) is 17.7 Å². The number of rotatable bonds is 2. The zero-order chi connectivity index (χ0) is 10.7. The third kappa shape index (κ3) is 2.13. The van der Waals surface area contributed by atoms with Crippen molar-refractivity contribution in [2.45, 2.75) is 12.8 Å². The quantitative estimate of drug-likeness (QED) is 0.480. The Bertz CT molecular complexity index is 281. The lowest BCUT2D eigenvalue weighted by Gasteiger charge is -2.11. The Morgan fingerprint density at radius 3 is 2.71 bits per heavy atom. The monoisotopic (exact) mass is 197 g/mol. The van der Waals surface area contributed by atoms with Crippen molar-refractivity contribution >= 4 is 11.8 Å². The number of hydrogen-bond donors (Lipinski definition) is 0. The van der Waals surface area contributed by atoms with E-state index in [1.807, 2.05) is 14.1 Å². The van der Waals surface area contributed by atoms with E-state index in [9.17, 15) is 9.59 Å². The van der Waals surface area contributed by atoms with Gasteiger partial charge in [-0.1, -0.05) is 0 Å². The minimum absolute atomic E-state index is 0.0501. The van der Waals surface area contributed by atoms with E-state index in [0.717, 1.165) is 0 Å². The van der Waals surface area contributed by atoms with Crippen LogP contribution in [0, 0.1) is 5.92 Å². The molecule has 0 aromatic heterocycles. The summed E-state index contributed by atoms with van der Waals surface area (Å²) >= 11 is 0. The summed E-state index contributed by atoms with van der Waals surface area (Å²) in [5, 5.41) is 0. The van der Waals surface area contributed by atoms with Gasteiger partial charge >= 0.3 is 5.97 Å². The molecule has 1 atom stereocenters. The zero-order valence-electron chi connectivity index (χ0n) is 8.74. The normalized spacial score (nSPS) is 24.1. The molecule has 0 saturated heterocycles. The Kier molecular flexibility index (Phi) is 3.28. The maximum atomic E-state index is 11.4. The van der Waals surface area contributed by atoms with Crippen LogP contribution in [-0.2, 0) is 14.3 Å². The zero-order valence-corrected chi connectivity index (χ0v) is 8.74. The van der Waals surface area contributed by atoms with Crippen LogP contribution in [0.15, 0.2) is 11.8 Å². The fraction of sp³-hybridized carbons (Fsp3) is 0.600. The first-order valence-electron chi connectivity index (χ1n) is 4.55. The molecular weight excluding hydrogens is 182 g/mol. The first-order valence-corrected chi connectivity index (χ1v) is 4.55. The topological polar surface area (TPSA) is 46.6 Å². The molecule has 0 aliphatic heterocycles. The predicted molar refractivity (Wildman–Crippen MR) is 51.5 cm³/mol. The van der Waals surface area contributed by atoms with E-state index >= 15 is 0 Å². The van der Waals surface area contributed by atoms with E-state index in [2.05, 4.69) is 4.74 Å². The fourth-order valence-electron chi connectivity index (χ4n) is 1.60. The summed E-state index contributed by atoms with van der Waals surface area (Å²) in [4.78, 5) is 24.5. The van der Waals surface area contributed by atoms with Gasteiger partial charge in [0.15, 0.2) is 5.78 Å². The summed E-state index contributed by atoms with van der Waals surface area (Å²) in [6, 6.07) is 0. The van der Waals surface area contributed by atoms with Gasteiger partial charge in [-0.05, 0) is 6.42 Å². The lowest BCUT2D eigenvalue weighted by atomic mass is 10.0. The summed E-state index contributed by atoms with van der Waals surface area (Å²) < 4.78 is 4.64. The average molecular weight is 197 g/mol. The van der Waals surface area contributed by atoms with Crippen molar-refractivity contribution in [3.8, 4) is 0 Å². The molecule has 1 aliphatic rings. The van der Waals surface area contributed by atoms with E-state index in [0.29, 0.717) is 18.4 Å². The summed E-state index contributed by atoms with van der Waals surface area (Å²) in [6.45, 7) is 0. The van der Waals surface area contributed by atoms with Gasteiger partial charge in [-0.2, -0.15) is 0 Å². The summed E-state index contributed by atoms with van der Waals surface area (Å²) in [6.07, 6.45) is 2.72. The predicted octanol–water partition coefficient (Wildman–Crippen LogP) is 0.584. The molecule has 0 unspecified atom stereocenters. The maximum absolute atomic E-state index is 11.4. The smallest absolute Gasteiger partial charge is 0.313 e. The van der Waals surface area contributed by atoms with Crippen molar-refractivity contribution in [2.24, 2.45) is 5.92 Å². The lowest BCUT2D eigenvalue weighted by Crippen LogP contribution is -2.18. The summed E-state index contributed by atoms with van der Waals surface area (Å²) in [5.41, 5.74) is 0.571. The second-order valence-corrected chi connectivity index (χ2v) is 3.59. The third-order valence-corrected chi connectivity index (χ3v) is 2.24. The Hall–Kier alpha value is -1.32. The SMILES string of the molecule is COC(=O)[C@@H]1CCC(=O)/C1=C\N(C)C. The minimum atomic E-state index is -0.366. The number of esters is 1. The highest BCUT2D eigenvalue weighted by Gasteiger charge is 2.34. The Labute approximate surface area is 83.5 Å². The van der Waals surface area contributed by atoms with Gasteiger partial charge in [0.1, 0.15) is 0 Å². The van der Waals surface area contributed by atoms with Gasteiger partial charge in [0.2, 0.25) is 0 Å². The van der Waals surface area contributed by atoms with Crippen LogP contribution in [0.25, 0.3) is 0 Å². The molecule has 0 amide bonds. The largest absolute Gasteiger partial charge is 0.469 e. The molecule has 0 spiro atoms. The van der Waals surface area contributed by atoms with Crippen molar-refractivity contribution in [1.29, 1.82) is 0 Å². The van der Waals surface area contributed by atoms with Gasteiger partial charge in [-0.25, -0.2) is 0 Å². The number of ketones is 1. The molecule has 14 heavy (non-hydrogen) atoms. The highest BCUT2D eigenvalue weighted by atomic mass is 16.5. The standard InChI is InChI=1S/C10H15NO3/c1-11(2)6-8-7(10(13)14-3)4-5-9(8)12/h6-7H,4-5H2,1-3H3/b8-6-/t7-/m1/s1. The summed E-state index contributed by atoms with van der Waals surface area (Å²) in [7, 11) is 5.00. The van der Waals surface area contributed by atoms with E-state index in [4.69, 9.17) is 0 Å². The van der Waals surface area contributed by atoms with E-state index in [1.165, 1.54) is 7.11 Å². The second kappa shape index (κ2) is 4.26. The van der Waals surface area contributed by atoms with Crippen LogP contribution in [0.1, 0.15) is 12.8 Å². The first-order chi connectivity index (χ1) is 6.56. The van der Waals surface area contributed by atoms with Crippen LogP contribution in [0.4, 0.5) is 0 Å². The van der Waals surface area contributed by atoms with Crippen LogP contribution in [0.5, 0.6) is 0 Å². The van der Waals surface area contributed by atoms with E-state index < -0.39 is 0 Å². The summed E-state index contributed by atoms with van der Waals surface area (Å²) in [5.74, 6) is -0.632. The Morgan fingerprint density at radius 2 is 2.21 bits per heavy atom. The maximum Gasteiger partial charge on any atom is 0.313 e. The molecule has 4 nitrogen and oxygen atoms in total. The Morgan fingerprint density at radius 1 is 1.57 bits per heavy atom. The van der Waals surface area contributed by atoms with Gasteiger partial charge in [0, 0.05) is 32.3 Å². The fourth-order valence-corrected chi connectivity index (χ4v) is 1.60. The minimum Gasteiger partial charge on any atom is -0.469 e. The van der Waals surface area contributed by atoms with Gasteiger partial charge < -0.3 is 9.64 Å². The Balaban J connectivity index is 2.87. The van der Waals surface area contributed by atoms with Gasteiger partial charge in [-0.15, -0.1) is 0 Å². The van der Waals surface area contributed by atoms with Gasteiger partial charge in [0.05, 0.1) is 13.0 Å². The van der Waals surface area contributed by atoms with Crippen LogP contribution in [0.2, 0.25) is 0 Å². The molecule has 1 fully saturated rings. The molecule has 1 rings (SSSR count). The highest BCUT2D eigenvalue weighted by molar-refractivity contribution is 6.03. The molecule has 0 N–H and O–H groups in total. The highest BCUT2D eigenvalue weighted by Crippen LogP contribution is 2.29. The van der Waals surface area contributed by atoms with Crippen LogP contribution >= 0.6 is 0 Å². The van der Waals surface area contributed by atoms with Crippen LogP contribution < -0.4 is 0 Å². The van der Waals surface area contributed by atoms with Crippen molar-refractivity contribution in [3.63, 3.8) is 0 Å². The molecule has 0 aromatic carbocycles.